The molecule has 0 saturated heterocycles. The standard InChI is InChI=1S/C23H14N2O5S/c26-19-18(20(27)22(29)23(30)21(19)28)25-13-5-3-7-24-17(13)12-8-11-10-4-1-2-6-15(10)31-16(11)9-14(12)25/h1-9,26-30H. The van der Waals surface area contributed by atoms with Crippen LogP contribution in [-0.2, 0) is 0 Å². The van der Waals surface area contributed by atoms with Gasteiger partial charge in [0.25, 0.3) is 0 Å². The van der Waals surface area contributed by atoms with E-state index in [9.17, 15) is 25.5 Å². The van der Waals surface area contributed by atoms with E-state index < -0.39 is 28.7 Å². The highest BCUT2D eigenvalue weighted by molar-refractivity contribution is 7.25. The molecule has 0 amide bonds. The topological polar surface area (TPSA) is 119 Å². The number of benzene rings is 3. The van der Waals surface area contributed by atoms with Gasteiger partial charge in [0.15, 0.2) is 11.5 Å². The van der Waals surface area contributed by atoms with Crippen LogP contribution in [0.2, 0.25) is 0 Å². The van der Waals surface area contributed by atoms with Crippen molar-refractivity contribution in [2.75, 3.05) is 0 Å². The Bertz CT molecular complexity index is 1670. The van der Waals surface area contributed by atoms with E-state index in [0.29, 0.717) is 16.6 Å². The van der Waals surface area contributed by atoms with E-state index in [2.05, 4.69) is 11.1 Å². The molecular weight excluding hydrogens is 416 g/mol. The number of thiophene rings is 1. The van der Waals surface area contributed by atoms with Gasteiger partial charge in [0.05, 0.1) is 16.6 Å². The minimum absolute atomic E-state index is 0.249. The number of aromatic nitrogens is 2. The zero-order valence-electron chi connectivity index (χ0n) is 15.7. The van der Waals surface area contributed by atoms with Crippen LogP contribution >= 0.6 is 11.3 Å². The number of pyridine rings is 1. The normalized spacial score (nSPS) is 11.9. The van der Waals surface area contributed by atoms with E-state index in [1.54, 1.807) is 29.7 Å². The number of nitrogens with zero attached hydrogens (tertiary/aromatic N) is 2. The zero-order valence-corrected chi connectivity index (χ0v) is 16.6. The fourth-order valence-corrected chi connectivity index (χ4v) is 5.30. The molecule has 0 unspecified atom stereocenters. The quantitative estimate of drug-likeness (QED) is 0.183. The molecule has 8 heteroatoms. The van der Waals surface area contributed by atoms with Gasteiger partial charge in [-0.15, -0.1) is 11.3 Å². The first kappa shape index (κ1) is 17.7. The molecule has 0 spiro atoms. The average molecular weight is 430 g/mol. The number of fused-ring (bicyclic) bond motifs is 6. The Morgan fingerprint density at radius 3 is 2.13 bits per heavy atom. The maximum atomic E-state index is 10.6. The third-order valence-corrected chi connectivity index (χ3v) is 6.72. The molecule has 6 rings (SSSR count). The molecule has 3 aromatic carbocycles. The van der Waals surface area contributed by atoms with Crippen molar-refractivity contribution in [2.45, 2.75) is 0 Å². The molecule has 0 bridgehead atoms. The highest BCUT2D eigenvalue weighted by Gasteiger charge is 2.27. The van der Waals surface area contributed by atoms with Gasteiger partial charge in [0, 0.05) is 31.8 Å². The molecule has 0 aliphatic rings. The maximum Gasteiger partial charge on any atom is 0.208 e. The SMILES string of the molecule is Oc1c(O)c(O)c(-n2c3cc4sc5ccccc5c4cc3c3ncccc32)c(O)c1O. The Morgan fingerprint density at radius 2 is 1.35 bits per heavy atom. The molecule has 6 aromatic rings. The minimum atomic E-state index is -0.996. The maximum absolute atomic E-state index is 10.6. The van der Waals surface area contributed by atoms with Gasteiger partial charge < -0.3 is 30.1 Å². The number of rotatable bonds is 1. The van der Waals surface area contributed by atoms with Crippen molar-refractivity contribution >= 4 is 53.4 Å². The lowest BCUT2D eigenvalue weighted by molar-refractivity contribution is 0.327. The molecule has 152 valence electrons. The summed E-state index contributed by atoms with van der Waals surface area (Å²) in [6, 6.07) is 15.5. The van der Waals surface area contributed by atoms with E-state index in [0.717, 1.165) is 25.6 Å². The number of hydrogen-bond donors (Lipinski definition) is 5. The predicted molar refractivity (Wildman–Crippen MR) is 120 cm³/mol. The molecule has 0 aliphatic heterocycles. The smallest absolute Gasteiger partial charge is 0.208 e. The summed E-state index contributed by atoms with van der Waals surface area (Å²) in [4.78, 5) is 4.49. The molecule has 0 radical (unpaired) electrons. The fourth-order valence-electron chi connectivity index (χ4n) is 4.18. The second-order valence-corrected chi connectivity index (χ2v) is 8.35. The summed E-state index contributed by atoms with van der Waals surface area (Å²) in [6.07, 6.45) is 1.65. The lowest BCUT2D eigenvalue weighted by atomic mass is 10.1. The van der Waals surface area contributed by atoms with Crippen molar-refractivity contribution in [1.82, 2.24) is 9.55 Å². The Balaban J connectivity index is 1.85. The van der Waals surface area contributed by atoms with Crippen molar-refractivity contribution in [3.05, 3.63) is 54.7 Å². The van der Waals surface area contributed by atoms with Crippen LogP contribution in [0.25, 0.3) is 47.8 Å². The molecule has 31 heavy (non-hydrogen) atoms. The summed E-state index contributed by atoms with van der Waals surface area (Å²) in [6.45, 7) is 0. The van der Waals surface area contributed by atoms with Crippen LogP contribution in [0.15, 0.2) is 54.7 Å². The Labute approximate surface area is 177 Å². The van der Waals surface area contributed by atoms with Crippen LogP contribution in [0.5, 0.6) is 28.7 Å². The summed E-state index contributed by atoms with van der Waals surface area (Å²) in [5.74, 6) is -4.36. The Hall–Kier alpha value is -4.17. The predicted octanol–water partition coefficient (Wildman–Crippen LogP) is 5.07. The van der Waals surface area contributed by atoms with Gasteiger partial charge in [-0.05, 0) is 30.3 Å². The molecule has 7 nitrogen and oxygen atoms in total. The second kappa shape index (κ2) is 5.93. The van der Waals surface area contributed by atoms with Gasteiger partial charge in [-0.2, -0.15) is 0 Å². The number of phenols is 5. The van der Waals surface area contributed by atoms with Crippen LogP contribution in [0.4, 0.5) is 0 Å². The van der Waals surface area contributed by atoms with Crippen LogP contribution in [-0.4, -0.2) is 35.1 Å². The lowest BCUT2D eigenvalue weighted by Crippen LogP contribution is -1.96. The van der Waals surface area contributed by atoms with Crippen molar-refractivity contribution in [3.63, 3.8) is 0 Å². The van der Waals surface area contributed by atoms with Crippen LogP contribution in [0.1, 0.15) is 0 Å². The minimum Gasteiger partial charge on any atom is -0.503 e. The van der Waals surface area contributed by atoms with E-state index in [4.69, 9.17) is 0 Å². The third-order valence-electron chi connectivity index (χ3n) is 5.59. The van der Waals surface area contributed by atoms with E-state index in [1.807, 2.05) is 30.3 Å². The number of aromatic hydroxyl groups is 5. The molecule has 0 saturated carbocycles. The zero-order chi connectivity index (χ0) is 21.4. The molecule has 0 aliphatic carbocycles. The van der Waals surface area contributed by atoms with Crippen molar-refractivity contribution < 1.29 is 25.5 Å². The van der Waals surface area contributed by atoms with Gasteiger partial charge in [0.2, 0.25) is 17.2 Å². The molecule has 3 aromatic heterocycles. The van der Waals surface area contributed by atoms with Crippen molar-refractivity contribution in [2.24, 2.45) is 0 Å². The summed E-state index contributed by atoms with van der Waals surface area (Å²) in [5, 5.41) is 54.1. The third kappa shape index (κ3) is 2.19. The highest BCUT2D eigenvalue weighted by atomic mass is 32.1. The Kier molecular flexibility index (Phi) is 3.38. The number of phenolic OH excluding ortho intramolecular Hbond substituents is 5. The lowest BCUT2D eigenvalue weighted by Gasteiger charge is -2.15. The monoisotopic (exact) mass is 430 g/mol. The van der Waals surface area contributed by atoms with E-state index in [1.165, 1.54) is 4.57 Å². The molecule has 5 N–H and O–H groups in total. The molecular formula is C23H14N2O5S. The van der Waals surface area contributed by atoms with Gasteiger partial charge in [-0.1, -0.05) is 18.2 Å². The summed E-state index contributed by atoms with van der Waals surface area (Å²) in [7, 11) is 0. The summed E-state index contributed by atoms with van der Waals surface area (Å²) in [5.41, 5.74) is 1.54. The fraction of sp³-hybridized carbons (Fsp3) is 0. The first-order valence-corrected chi connectivity index (χ1v) is 10.2. The van der Waals surface area contributed by atoms with E-state index >= 15 is 0 Å². The number of hydrogen-bond acceptors (Lipinski definition) is 7. The van der Waals surface area contributed by atoms with Crippen LogP contribution in [0, 0.1) is 0 Å². The summed E-state index contributed by atoms with van der Waals surface area (Å²) >= 11 is 1.61. The van der Waals surface area contributed by atoms with Gasteiger partial charge in [-0.3, -0.25) is 4.98 Å². The molecule has 0 fully saturated rings. The summed E-state index contributed by atoms with van der Waals surface area (Å²) < 4.78 is 3.63. The van der Waals surface area contributed by atoms with Gasteiger partial charge >= 0.3 is 0 Å². The van der Waals surface area contributed by atoms with Crippen LogP contribution < -0.4 is 0 Å². The second-order valence-electron chi connectivity index (χ2n) is 7.26. The molecule has 0 atom stereocenters. The first-order valence-electron chi connectivity index (χ1n) is 9.37. The highest BCUT2D eigenvalue weighted by Crippen LogP contribution is 2.54. The first-order chi connectivity index (χ1) is 15.0. The van der Waals surface area contributed by atoms with Gasteiger partial charge in [-0.25, -0.2) is 0 Å². The largest absolute Gasteiger partial charge is 0.503 e. The van der Waals surface area contributed by atoms with Crippen molar-refractivity contribution in [1.29, 1.82) is 0 Å². The van der Waals surface area contributed by atoms with Crippen molar-refractivity contribution in [3.8, 4) is 34.4 Å². The Morgan fingerprint density at radius 1 is 0.645 bits per heavy atom. The van der Waals surface area contributed by atoms with Crippen LogP contribution in [0.3, 0.4) is 0 Å². The van der Waals surface area contributed by atoms with E-state index in [-0.39, 0.29) is 5.69 Å². The van der Waals surface area contributed by atoms with Gasteiger partial charge in [0.1, 0.15) is 5.69 Å². The average Bonchev–Trinajstić information content (AvgIpc) is 3.31. The molecule has 3 heterocycles.